The highest BCUT2D eigenvalue weighted by Crippen LogP contribution is 2.42. The van der Waals surface area contributed by atoms with Crippen molar-refractivity contribution in [2.75, 3.05) is 26.2 Å². The average molecular weight is 198 g/mol. The van der Waals surface area contributed by atoms with E-state index in [4.69, 9.17) is 0 Å². The van der Waals surface area contributed by atoms with Gasteiger partial charge in [-0.1, -0.05) is 20.3 Å². The molecule has 0 unspecified atom stereocenters. The molecule has 0 amide bonds. The molecule has 2 nitrogen and oxygen atoms in total. The first-order chi connectivity index (χ1) is 6.83. The van der Waals surface area contributed by atoms with Crippen LogP contribution in [-0.4, -0.2) is 26.2 Å². The van der Waals surface area contributed by atoms with Gasteiger partial charge in [0.25, 0.3) is 0 Å². The highest BCUT2D eigenvalue weighted by atomic mass is 14.9. The van der Waals surface area contributed by atoms with Gasteiger partial charge in [-0.3, -0.25) is 0 Å². The van der Waals surface area contributed by atoms with E-state index < -0.39 is 0 Å². The van der Waals surface area contributed by atoms with Gasteiger partial charge in [0.05, 0.1) is 0 Å². The first-order valence-corrected chi connectivity index (χ1v) is 6.24. The average Bonchev–Trinajstić information content (AvgIpc) is 2.15. The van der Waals surface area contributed by atoms with Gasteiger partial charge in [-0.05, 0) is 37.6 Å². The van der Waals surface area contributed by atoms with Gasteiger partial charge in [0.1, 0.15) is 0 Å². The molecule has 0 aromatic rings. The molecular formula is C12H26N2. The number of hydrogen-bond acceptors (Lipinski definition) is 2. The highest BCUT2D eigenvalue weighted by Gasteiger charge is 2.34. The van der Waals surface area contributed by atoms with E-state index in [0.717, 1.165) is 19.6 Å². The zero-order valence-electron chi connectivity index (χ0n) is 9.86. The second kappa shape index (κ2) is 6.41. The number of rotatable bonds is 8. The molecule has 0 radical (unpaired) electrons. The van der Waals surface area contributed by atoms with Crippen molar-refractivity contribution in [3.8, 4) is 0 Å². The van der Waals surface area contributed by atoms with Crippen LogP contribution in [-0.2, 0) is 0 Å². The van der Waals surface area contributed by atoms with Gasteiger partial charge in [-0.25, -0.2) is 0 Å². The minimum atomic E-state index is 0.671. The van der Waals surface area contributed by atoms with Gasteiger partial charge in [-0.2, -0.15) is 0 Å². The Bertz CT molecular complexity index is 136. The lowest BCUT2D eigenvalue weighted by Gasteiger charge is -2.41. The summed E-state index contributed by atoms with van der Waals surface area (Å²) in [7, 11) is 0. The van der Waals surface area contributed by atoms with Crippen LogP contribution in [0.3, 0.4) is 0 Å². The minimum Gasteiger partial charge on any atom is -0.315 e. The van der Waals surface area contributed by atoms with Crippen LogP contribution in [0.15, 0.2) is 0 Å². The fourth-order valence-corrected chi connectivity index (χ4v) is 2.16. The van der Waals surface area contributed by atoms with Crippen LogP contribution in [0.4, 0.5) is 0 Å². The molecule has 0 aliphatic heterocycles. The molecule has 2 N–H and O–H groups in total. The van der Waals surface area contributed by atoms with Gasteiger partial charge in [-0.15, -0.1) is 0 Å². The van der Waals surface area contributed by atoms with E-state index >= 15 is 0 Å². The summed E-state index contributed by atoms with van der Waals surface area (Å²) in [6, 6.07) is 0. The van der Waals surface area contributed by atoms with Gasteiger partial charge in [0.2, 0.25) is 0 Å². The lowest BCUT2D eigenvalue weighted by atomic mass is 9.67. The largest absolute Gasteiger partial charge is 0.315 e. The third kappa shape index (κ3) is 3.58. The maximum atomic E-state index is 3.58. The maximum Gasteiger partial charge on any atom is 0.00769 e. The second-order valence-corrected chi connectivity index (χ2v) is 4.63. The van der Waals surface area contributed by atoms with E-state index in [1.807, 2.05) is 0 Å². The van der Waals surface area contributed by atoms with Crippen molar-refractivity contribution in [3.63, 3.8) is 0 Å². The maximum absolute atomic E-state index is 3.58. The Labute approximate surface area is 88.8 Å². The topological polar surface area (TPSA) is 24.1 Å². The van der Waals surface area contributed by atoms with Gasteiger partial charge in [0, 0.05) is 19.6 Å². The van der Waals surface area contributed by atoms with E-state index in [1.54, 1.807) is 0 Å². The predicted octanol–water partition coefficient (Wildman–Crippen LogP) is 2.16. The van der Waals surface area contributed by atoms with Crippen molar-refractivity contribution in [2.45, 2.75) is 46.0 Å². The van der Waals surface area contributed by atoms with Crippen LogP contribution in [0.1, 0.15) is 46.0 Å². The Hall–Kier alpha value is -0.0800. The molecule has 1 saturated carbocycles. The lowest BCUT2D eigenvalue weighted by Crippen LogP contribution is -2.41. The Kier molecular flexibility index (Phi) is 5.49. The van der Waals surface area contributed by atoms with Crippen molar-refractivity contribution in [2.24, 2.45) is 5.41 Å². The molecular weight excluding hydrogens is 172 g/mol. The quantitative estimate of drug-likeness (QED) is 0.584. The molecule has 1 aliphatic carbocycles. The fourth-order valence-electron chi connectivity index (χ4n) is 2.16. The van der Waals surface area contributed by atoms with Crippen LogP contribution in [0.5, 0.6) is 0 Å². The summed E-state index contributed by atoms with van der Waals surface area (Å²) in [5.41, 5.74) is 0.671. The summed E-state index contributed by atoms with van der Waals surface area (Å²) in [6.07, 6.45) is 6.92. The van der Waals surface area contributed by atoms with Gasteiger partial charge in [0.15, 0.2) is 0 Å². The third-order valence-electron chi connectivity index (χ3n) is 3.57. The second-order valence-electron chi connectivity index (χ2n) is 4.63. The summed E-state index contributed by atoms with van der Waals surface area (Å²) in [6.45, 7) is 9.17. The first kappa shape index (κ1) is 12.0. The van der Waals surface area contributed by atoms with Crippen LogP contribution in [0, 0.1) is 5.41 Å². The summed E-state index contributed by atoms with van der Waals surface area (Å²) in [4.78, 5) is 0. The fraction of sp³-hybridized carbons (Fsp3) is 1.00. The van der Waals surface area contributed by atoms with Crippen LogP contribution in [0.2, 0.25) is 0 Å². The van der Waals surface area contributed by atoms with E-state index in [-0.39, 0.29) is 0 Å². The van der Waals surface area contributed by atoms with Crippen LogP contribution in [0.25, 0.3) is 0 Å². The zero-order chi connectivity index (χ0) is 10.3. The monoisotopic (exact) mass is 198 g/mol. The molecule has 1 fully saturated rings. The van der Waals surface area contributed by atoms with Crippen LogP contribution < -0.4 is 10.6 Å². The van der Waals surface area contributed by atoms with E-state index in [9.17, 15) is 0 Å². The van der Waals surface area contributed by atoms with Crippen molar-refractivity contribution in [1.82, 2.24) is 10.6 Å². The molecule has 1 rings (SSSR count). The SMILES string of the molecule is CCCNCCNCC1(CC)CCC1. The van der Waals surface area contributed by atoms with Crippen molar-refractivity contribution >= 4 is 0 Å². The third-order valence-corrected chi connectivity index (χ3v) is 3.57. The molecule has 0 aromatic carbocycles. The van der Waals surface area contributed by atoms with E-state index in [1.165, 1.54) is 38.6 Å². The summed E-state index contributed by atoms with van der Waals surface area (Å²) < 4.78 is 0. The molecule has 1 aliphatic rings. The van der Waals surface area contributed by atoms with Crippen LogP contribution >= 0.6 is 0 Å². The molecule has 0 saturated heterocycles. The minimum absolute atomic E-state index is 0.671. The predicted molar refractivity (Wildman–Crippen MR) is 62.6 cm³/mol. The Morgan fingerprint density at radius 2 is 1.71 bits per heavy atom. The number of nitrogens with one attached hydrogen (secondary N) is 2. The van der Waals surface area contributed by atoms with Crippen molar-refractivity contribution < 1.29 is 0 Å². The molecule has 14 heavy (non-hydrogen) atoms. The molecule has 84 valence electrons. The Morgan fingerprint density at radius 1 is 1.00 bits per heavy atom. The molecule has 0 aromatic heterocycles. The van der Waals surface area contributed by atoms with Gasteiger partial charge >= 0.3 is 0 Å². The Balaban J connectivity index is 1.92. The summed E-state index contributed by atoms with van der Waals surface area (Å²) in [5.74, 6) is 0. The standard InChI is InChI=1S/C12H26N2/c1-3-8-13-9-10-14-11-12(4-2)6-5-7-12/h13-14H,3-11H2,1-2H3. The smallest absolute Gasteiger partial charge is 0.00769 e. The zero-order valence-corrected chi connectivity index (χ0v) is 9.86. The first-order valence-electron chi connectivity index (χ1n) is 6.24. The molecule has 0 heterocycles. The van der Waals surface area contributed by atoms with Crippen molar-refractivity contribution in [1.29, 1.82) is 0 Å². The van der Waals surface area contributed by atoms with E-state index in [2.05, 4.69) is 24.5 Å². The van der Waals surface area contributed by atoms with E-state index in [0.29, 0.717) is 5.41 Å². The number of hydrogen-bond donors (Lipinski definition) is 2. The normalized spacial score (nSPS) is 19.3. The highest BCUT2D eigenvalue weighted by molar-refractivity contribution is 4.88. The van der Waals surface area contributed by atoms with Crippen molar-refractivity contribution in [3.05, 3.63) is 0 Å². The Morgan fingerprint density at radius 3 is 2.21 bits per heavy atom. The molecule has 0 atom stereocenters. The summed E-state index contributed by atoms with van der Waals surface area (Å²) in [5, 5.41) is 6.99. The molecule has 0 spiro atoms. The lowest BCUT2D eigenvalue weighted by molar-refractivity contribution is 0.124. The molecule has 2 heteroatoms. The van der Waals surface area contributed by atoms with Gasteiger partial charge < -0.3 is 10.6 Å². The summed E-state index contributed by atoms with van der Waals surface area (Å²) >= 11 is 0. The molecule has 0 bridgehead atoms.